The van der Waals surface area contributed by atoms with Crippen molar-refractivity contribution in [2.75, 3.05) is 26.9 Å². The van der Waals surface area contributed by atoms with Crippen molar-refractivity contribution in [3.05, 3.63) is 69.5 Å². The predicted molar refractivity (Wildman–Crippen MR) is 123 cm³/mol. The number of halogens is 1. The maximum absolute atomic E-state index is 12.2. The van der Waals surface area contributed by atoms with Gasteiger partial charge in [-0.1, -0.05) is 11.6 Å². The van der Waals surface area contributed by atoms with Gasteiger partial charge in [0.15, 0.2) is 0 Å². The summed E-state index contributed by atoms with van der Waals surface area (Å²) in [6.45, 7) is 1.23. The maximum Gasteiger partial charge on any atom is 0.349 e. The molecule has 0 aliphatic heterocycles. The largest absolute Gasteiger partial charge is 0.494 e. The molecule has 0 radical (unpaired) electrons. The molecular formula is C24H24ClNO7. The molecule has 0 atom stereocenters. The number of hydrogen-bond acceptors (Lipinski definition) is 7. The van der Waals surface area contributed by atoms with Gasteiger partial charge < -0.3 is 23.9 Å². The SMILES string of the molecule is COCCCNC(=O)c1cc2ccc(OC(=O)CCCOc3ccc(Cl)cc3)cc2oc1=O. The number of nitrogens with one attached hydrogen (secondary N) is 1. The zero-order chi connectivity index (χ0) is 23.6. The zero-order valence-corrected chi connectivity index (χ0v) is 18.9. The molecule has 1 amide bonds. The van der Waals surface area contributed by atoms with E-state index in [9.17, 15) is 14.4 Å². The summed E-state index contributed by atoms with van der Waals surface area (Å²) in [4.78, 5) is 36.6. The van der Waals surface area contributed by atoms with E-state index >= 15 is 0 Å². The first-order chi connectivity index (χ1) is 16.0. The van der Waals surface area contributed by atoms with Gasteiger partial charge in [0.05, 0.1) is 6.61 Å². The Morgan fingerprint density at radius 3 is 2.52 bits per heavy atom. The van der Waals surface area contributed by atoms with Crippen LogP contribution in [0.4, 0.5) is 0 Å². The molecule has 0 saturated heterocycles. The van der Waals surface area contributed by atoms with Crippen LogP contribution < -0.4 is 20.4 Å². The van der Waals surface area contributed by atoms with Gasteiger partial charge in [-0.05, 0) is 55.3 Å². The van der Waals surface area contributed by atoms with Gasteiger partial charge in [0.1, 0.15) is 22.6 Å². The highest BCUT2D eigenvalue weighted by atomic mass is 35.5. The van der Waals surface area contributed by atoms with E-state index < -0.39 is 17.5 Å². The highest BCUT2D eigenvalue weighted by Gasteiger charge is 2.14. The topological polar surface area (TPSA) is 104 Å². The fourth-order valence-corrected chi connectivity index (χ4v) is 3.07. The van der Waals surface area contributed by atoms with Crippen molar-refractivity contribution in [2.45, 2.75) is 19.3 Å². The lowest BCUT2D eigenvalue weighted by Crippen LogP contribution is -2.29. The molecule has 0 spiro atoms. The second-order valence-corrected chi connectivity index (χ2v) is 7.57. The first-order valence-electron chi connectivity index (χ1n) is 10.4. The van der Waals surface area contributed by atoms with Crippen LogP contribution in [0.2, 0.25) is 5.02 Å². The lowest BCUT2D eigenvalue weighted by molar-refractivity contribution is -0.134. The number of amides is 1. The Balaban J connectivity index is 1.53. The number of carbonyl (C=O) groups excluding carboxylic acids is 2. The minimum Gasteiger partial charge on any atom is -0.494 e. The monoisotopic (exact) mass is 473 g/mol. The molecule has 0 bridgehead atoms. The van der Waals surface area contributed by atoms with Gasteiger partial charge in [-0.25, -0.2) is 4.79 Å². The molecule has 2 aromatic carbocycles. The summed E-state index contributed by atoms with van der Waals surface area (Å²) in [6, 6.07) is 13.0. The van der Waals surface area contributed by atoms with Gasteiger partial charge in [0.25, 0.3) is 5.91 Å². The third-order valence-corrected chi connectivity index (χ3v) is 4.85. The molecule has 0 aliphatic rings. The van der Waals surface area contributed by atoms with Gasteiger partial charge in [0, 0.05) is 43.2 Å². The fraction of sp³-hybridized carbons (Fsp3) is 0.292. The molecule has 1 N–H and O–H groups in total. The van der Waals surface area contributed by atoms with E-state index in [0.717, 1.165) is 0 Å². The fourth-order valence-electron chi connectivity index (χ4n) is 2.95. The van der Waals surface area contributed by atoms with E-state index in [-0.39, 0.29) is 23.3 Å². The van der Waals surface area contributed by atoms with Crippen molar-refractivity contribution in [3.63, 3.8) is 0 Å². The second-order valence-electron chi connectivity index (χ2n) is 7.13. The Morgan fingerprint density at radius 1 is 1.00 bits per heavy atom. The average Bonchev–Trinajstić information content (AvgIpc) is 2.80. The summed E-state index contributed by atoms with van der Waals surface area (Å²) in [5.74, 6) is -0.0482. The Hall–Kier alpha value is -3.36. The van der Waals surface area contributed by atoms with Crippen molar-refractivity contribution in [1.29, 1.82) is 0 Å². The van der Waals surface area contributed by atoms with E-state index in [1.165, 1.54) is 12.1 Å². The van der Waals surface area contributed by atoms with Crippen LogP contribution >= 0.6 is 11.6 Å². The number of ether oxygens (including phenoxy) is 3. The summed E-state index contributed by atoms with van der Waals surface area (Å²) in [5, 5.41) is 3.80. The molecule has 8 nitrogen and oxygen atoms in total. The summed E-state index contributed by atoms with van der Waals surface area (Å²) < 4.78 is 21.0. The molecule has 1 heterocycles. The van der Waals surface area contributed by atoms with E-state index in [4.69, 9.17) is 30.2 Å². The number of benzene rings is 2. The van der Waals surface area contributed by atoms with Gasteiger partial charge >= 0.3 is 11.6 Å². The van der Waals surface area contributed by atoms with Crippen LogP contribution in [-0.2, 0) is 9.53 Å². The van der Waals surface area contributed by atoms with E-state index in [1.54, 1.807) is 43.5 Å². The Kier molecular flexibility index (Phi) is 8.86. The molecule has 174 valence electrons. The summed E-state index contributed by atoms with van der Waals surface area (Å²) in [5.41, 5.74) is -0.646. The van der Waals surface area contributed by atoms with E-state index in [0.29, 0.717) is 48.8 Å². The van der Waals surface area contributed by atoms with E-state index in [2.05, 4.69) is 5.32 Å². The second kappa shape index (κ2) is 12.0. The molecule has 33 heavy (non-hydrogen) atoms. The highest BCUT2D eigenvalue weighted by Crippen LogP contribution is 2.21. The number of esters is 1. The zero-order valence-electron chi connectivity index (χ0n) is 18.1. The molecule has 9 heteroatoms. The Bertz CT molecular complexity index is 1160. The number of carbonyl (C=O) groups is 2. The molecule has 1 aromatic heterocycles. The highest BCUT2D eigenvalue weighted by molar-refractivity contribution is 6.30. The molecule has 0 aliphatic carbocycles. The molecule has 3 aromatic rings. The summed E-state index contributed by atoms with van der Waals surface area (Å²) >= 11 is 5.82. The first-order valence-corrected chi connectivity index (χ1v) is 10.8. The number of rotatable bonds is 11. The first kappa shape index (κ1) is 24.3. The van der Waals surface area contributed by atoms with Crippen molar-refractivity contribution in [2.24, 2.45) is 0 Å². The van der Waals surface area contributed by atoms with Crippen molar-refractivity contribution >= 4 is 34.4 Å². The van der Waals surface area contributed by atoms with Gasteiger partial charge in [-0.15, -0.1) is 0 Å². The number of methoxy groups -OCH3 is 1. The van der Waals surface area contributed by atoms with Crippen molar-refractivity contribution in [1.82, 2.24) is 5.32 Å². The quantitative estimate of drug-likeness (QED) is 0.194. The molecule has 0 saturated carbocycles. The van der Waals surface area contributed by atoms with Crippen LogP contribution in [0.5, 0.6) is 11.5 Å². The van der Waals surface area contributed by atoms with Gasteiger partial charge in [0.2, 0.25) is 0 Å². The molecule has 3 rings (SSSR count). The van der Waals surface area contributed by atoms with Crippen LogP contribution in [0.1, 0.15) is 29.6 Å². The summed E-state index contributed by atoms with van der Waals surface area (Å²) in [7, 11) is 1.57. The van der Waals surface area contributed by atoms with Crippen LogP contribution in [0.15, 0.2) is 57.7 Å². The molecular weight excluding hydrogens is 450 g/mol. The van der Waals surface area contributed by atoms with Gasteiger partial charge in [-0.2, -0.15) is 0 Å². The van der Waals surface area contributed by atoms with Crippen LogP contribution in [-0.4, -0.2) is 38.7 Å². The summed E-state index contributed by atoms with van der Waals surface area (Å²) in [6.07, 6.45) is 1.24. The lowest BCUT2D eigenvalue weighted by Gasteiger charge is -2.08. The Morgan fingerprint density at radius 2 is 1.76 bits per heavy atom. The average molecular weight is 474 g/mol. The lowest BCUT2D eigenvalue weighted by atomic mass is 10.1. The standard InChI is InChI=1S/C24H24ClNO7/c1-30-12-3-11-26-23(28)20-14-16-5-8-19(15-21(16)33-24(20)29)32-22(27)4-2-13-31-18-9-6-17(25)7-10-18/h5-10,14-15H,2-4,11-13H2,1H3,(H,26,28). The number of hydrogen-bond donors (Lipinski definition) is 1. The van der Waals surface area contributed by atoms with Crippen molar-refractivity contribution < 1.29 is 28.2 Å². The third kappa shape index (κ3) is 7.34. The van der Waals surface area contributed by atoms with Crippen molar-refractivity contribution in [3.8, 4) is 11.5 Å². The van der Waals surface area contributed by atoms with Crippen LogP contribution in [0, 0.1) is 0 Å². The third-order valence-electron chi connectivity index (χ3n) is 4.60. The number of fused-ring (bicyclic) bond motifs is 1. The normalized spacial score (nSPS) is 10.7. The molecule has 0 unspecified atom stereocenters. The van der Waals surface area contributed by atoms with Crippen LogP contribution in [0.25, 0.3) is 11.0 Å². The van der Waals surface area contributed by atoms with Gasteiger partial charge in [-0.3, -0.25) is 9.59 Å². The predicted octanol–water partition coefficient (Wildman–Crippen LogP) is 3.98. The Labute approximate surface area is 195 Å². The van der Waals surface area contributed by atoms with E-state index in [1.807, 2.05) is 0 Å². The minimum atomic E-state index is -0.769. The maximum atomic E-state index is 12.2. The smallest absolute Gasteiger partial charge is 0.349 e. The minimum absolute atomic E-state index is 0.0923. The molecule has 0 fully saturated rings. The van der Waals surface area contributed by atoms with Crippen LogP contribution in [0.3, 0.4) is 0 Å².